The average Bonchev–Trinajstić information content (AvgIpc) is 2.41. The van der Waals surface area contributed by atoms with E-state index in [2.05, 4.69) is 43.4 Å². The van der Waals surface area contributed by atoms with Gasteiger partial charge in [-0.15, -0.1) is 0 Å². The summed E-state index contributed by atoms with van der Waals surface area (Å²) in [5.74, 6) is 0. The Morgan fingerprint density at radius 1 is 1.11 bits per heavy atom. The van der Waals surface area contributed by atoms with Crippen LogP contribution in [0.25, 0.3) is 0 Å². The summed E-state index contributed by atoms with van der Waals surface area (Å²) in [6, 6.07) is 13.9. The van der Waals surface area contributed by atoms with E-state index in [1.54, 1.807) is 12.1 Å². The molecule has 0 saturated heterocycles. The highest BCUT2D eigenvalue weighted by atomic mass is 35.5. The van der Waals surface area contributed by atoms with Crippen LogP contribution in [-0.2, 0) is 6.54 Å². The summed E-state index contributed by atoms with van der Waals surface area (Å²) >= 11 is 5.90. The van der Waals surface area contributed by atoms with E-state index in [-0.39, 0.29) is 0 Å². The molecule has 0 aromatic heterocycles. The van der Waals surface area contributed by atoms with E-state index in [0.717, 1.165) is 12.2 Å². The Labute approximate surface area is 118 Å². The maximum atomic E-state index is 8.93. The minimum atomic E-state index is 0.485. The predicted molar refractivity (Wildman–Crippen MR) is 79.4 cm³/mol. The molecule has 0 amide bonds. The van der Waals surface area contributed by atoms with Crippen LogP contribution in [0.3, 0.4) is 0 Å². The van der Waals surface area contributed by atoms with Gasteiger partial charge in [0.1, 0.15) is 6.07 Å². The lowest BCUT2D eigenvalue weighted by Crippen LogP contribution is -2.00. The Balaban J connectivity index is 2.10. The summed E-state index contributed by atoms with van der Waals surface area (Å²) in [7, 11) is 0. The molecule has 0 heterocycles. The van der Waals surface area contributed by atoms with Crippen molar-refractivity contribution in [2.45, 2.75) is 20.4 Å². The van der Waals surface area contributed by atoms with Gasteiger partial charge in [0.05, 0.1) is 10.6 Å². The van der Waals surface area contributed by atoms with E-state index < -0.39 is 0 Å². The fourth-order valence-corrected chi connectivity index (χ4v) is 2.00. The Morgan fingerprint density at radius 3 is 2.58 bits per heavy atom. The quantitative estimate of drug-likeness (QED) is 0.895. The molecule has 19 heavy (non-hydrogen) atoms. The second-order valence-corrected chi connectivity index (χ2v) is 4.99. The summed E-state index contributed by atoms with van der Waals surface area (Å²) in [6.07, 6.45) is 0. The topological polar surface area (TPSA) is 35.8 Å². The summed E-state index contributed by atoms with van der Waals surface area (Å²) in [5.41, 5.74) is 5.19. The van der Waals surface area contributed by atoms with E-state index in [4.69, 9.17) is 16.9 Å². The first kappa shape index (κ1) is 13.5. The van der Waals surface area contributed by atoms with Crippen LogP contribution < -0.4 is 5.32 Å². The number of nitriles is 1. The Hall–Kier alpha value is -1.98. The van der Waals surface area contributed by atoms with Gasteiger partial charge in [0.15, 0.2) is 0 Å². The zero-order valence-electron chi connectivity index (χ0n) is 11.0. The lowest BCUT2D eigenvalue weighted by atomic mass is 10.1. The zero-order valence-corrected chi connectivity index (χ0v) is 11.8. The molecule has 0 radical (unpaired) electrons. The number of nitrogens with zero attached hydrogens (tertiary/aromatic N) is 1. The molecule has 0 aliphatic heterocycles. The number of halogens is 1. The second kappa shape index (κ2) is 5.77. The van der Waals surface area contributed by atoms with Gasteiger partial charge in [0.25, 0.3) is 0 Å². The van der Waals surface area contributed by atoms with Crippen molar-refractivity contribution in [2.24, 2.45) is 0 Å². The van der Waals surface area contributed by atoms with Crippen LogP contribution in [0.4, 0.5) is 5.69 Å². The van der Waals surface area contributed by atoms with Gasteiger partial charge in [-0.1, -0.05) is 29.8 Å². The third-order valence-corrected chi connectivity index (χ3v) is 3.48. The fraction of sp³-hybridized carbons (Fsp3) is 0.188. The molecule has 0 bridgehead atoms. The minimum absolute atomic E-state index is 0.485. The molecule has 1 N–H and O–H groups in total. The highest BCUT2D eigenvalue weighted by molar-refractivity contribution is 6.31. The standard InChI is InChI=1S/C16H15ClN2/c1-11-3-4-13(7-12(11)2)10-19-15-5-6-16(17)14(8-15)9-18/h3-8,19H,10H2,1-2H3. The van der Waals surface area contributed by atoms with Crippen molar-refractivity contribution in [1.82, 2.24) is 0 Å². The third kappa shape index (κ3) is 3.27. The van der Waals surface area contributed by atoms with Gasteiger partial charge >= 0.3 is 0 Å². The molecular formula is C16H15ClN2. The average molecular weight is 271 g/mol. The van der Waals surface area contributed by atoms with Crippen LogP contribution in [0, 0.1) is 25.2 Å². The maximum absolute atomic E-state index is 8.93. The first-order valence-electron chi connectivity index (χ1n) is 6.10. The van der Waals surface area contributed by atoms with E-state index in [9.17, 15) is 0 Å². The Morgan fingerprint density at radius 2 is 1.89 bits per heavy atom. The summed E-state index contributed by atoms with van der Waals surface area (Å²) in [5, 5.41) is 12.7. The van der Waals surface area contributed by atoms with E-state index >= 15 is 0 Å². The number of benzene rings is 2. The number of nitrogens with one attached hydrogen (secondary N) is 1. The van der Waals surface area contributed by atoms with Crippen molar-refractivity contribution >= 4 is 17.3 Å². The number of anilines is 1. The van der Waals surface area contributed by atoms with E-state index in [0.29, 0.717) is 10.6 Å². The van der Waals surface area contributed by atoms with Crippen LogP contribution in [0.15, 0.2) is 36.4 Å². The summed E-state index contributed by atoms with van der Waals surface area (Å²) < 4.78 is 0. The molecule has 2 rings (SSSR count). The lowest BCUT2D eigenvalue weighted by molar-refractivity contribution is 1.13. The highest BCUT2D eigenvalue weighted by Crippen LogP contribution is 2.20. The molecule has 0 aliphatic rings. The first-order chi connectivity index (χ1) is 9.10. The smallest absolute Gasteiger partial charge is 0.101 e. The second-order valence-electron chi connectivity index (χ2n) is 4.58. The van der Waals surface area contributed by atoms with E-state index in [1.807, 2.05) is 6.07 Å². The third-order valence-electron chi connectivity index (χ3n) is 3.15. The van der Waals surface area contributed by atoms with Crippen LogP contribution in [0.1, 0.15) is 22.3 Å². The molecule has 0 aliphatic carbocycles. The van der Waals surface area contributed by atoms with Crippen molar-refractivity contribution in [3.63, 3.8) is 0 Å². The summed E-state index contributed by atoms with van der Waals surface area (Å²) in [4.78, 5) is 0. The summed E-state index contributed by atoms with van der Waals surface area (Å²) in [6.45, 7) is 4.94. The normalized spacial score (nSPS) is 10.0. The first-order valence-corrected chi connectivity index (χ1v) is 6.47. The molecule has 0 unspecified atom stereocenters. The van der Waals surface area contributed by atoms with Gasteiger partial charge in [-0.3, -0.25) is 0 Å². The molecule has 2 nitrogen and oxygen atoms in total. The van der Waals surface area contributed by atoms with Crippen LogP contribution >= 0.6 is 11.6 Å². The minimum Gasteiger partial charge on any atom is -0.381 e. The molecule has 96 valence electrons. The molecule has 0 fully saturated rings. The van der Waals surface area contributed by atoms with Gasteiger partial charge in [-0.25, -0.2) is 0 Å². The van der Waals surface area contributed by atoms with Crippen LogP contribution in [0.5, 0.6) is 0 Å². The largest absolute Gasteiger partial charge is 0.381 e. The van der Waals surface area contributed by atoms with Crippen molar-refractivity contribution in [3.05, 3.63) is 63.7 Å². The monoisotopic (exact) mass is 270 g/mol. The zero-order chi connectivity index (χ0) is 13.8. The molecule has 0 spiro atoms. The van der Waals surface area contributed by atoms with Gasteiger partial charge in [0.2, 0.25) is 0 Å². The van der Waals surface area contributed by atoms with Gasteiger partial charge in [-0.2, -0.15) is 5.26 Å². The van der Waals surface area contributed by atoms with Gasteiger partial charge in [-0.05, 0) is 48.7 Å². The van der Waals surface area contributed by atoms with Crippen LogP contribution in [-0.4, -0.2) is 0 Å². The number of hydrogen-bond acceptors (Lipinski definition) is 2. The molecular weight excluding hydrogens is 256 g/mol. The predicted octanol–water partition coefficient (Wildman–Crippen LogP) is 4.44. The van der Waals surface area contributed by atoms with Crippen LogP contribution in [0.2, 0.25) is 5.02 Å². The van der Waals surface area contributed by atoms with Crippen molar-refractivity contribution < 1.29 is 0 Å². The SMILES string of the molecule is Cc1ccc(CNc2ccc(Cl)c(C#N)c2)cc1C. The molecule has 0 atom stereocenters. The van der Waals surface area contributed by atoms with Gasteiger partial charge < -0.3 is 5.32 Å². The van der Waals surface area contributed by atoms with Gasteiger partial charge in [0, 0.05) is 12.2 Å². The fourth-order valence-electron chi connectivity index (χ4n) is 1.84. The number of hydrogen-bond donors (Lipinski definition) is 1. The molecule has 2 aromatic rings. The van der Waals surface area contributed by atoms with Crippen molar-refractivity contribution in [3.8, 4) is 6.07 Å². The highest BCUT2D eigenvalue weighted by Gasteiger charge is 2.01. The molecule has 2 aromatic carbocycles. The van der Waals surface area contributed by atoms with E-state index in [1.165, 1.54) is 16.7 Å². The number of rotatable bonds is 3. The van der Waals surface area contributed by atoms with Crippen molar-refractivity contribution in [1.29, 1.82) is 5.26 Å². The molecule has 0 saturated carbocycles. The Bertz CT molecular complexity index is 642. The molecule has 3 heteroatoms. The lowest BCUT2D eigenvalue weighted by Gasteiger charge is -2.09. The Kier molecular flexibility index (Phi) is 4.09. The van der Waals surface area contributed by atoms with Crippen molar-refractivity contribution in [2.75, 3.05) is 5.32 Å². The maximum Gasteiger partial charge on any atom is 0.101 e. The number of aryl methyl sites for hydroxylation is 2.